The number of amides is 1. The van der Waals surface area contributed by atoms with Gasteiger partial charge in [-0.05, 0) is 48.6 Å². The number of allylic oxidation sites excluding steroid dienone is 2. The van der Waals surface area contributed by atoms with Crippen LogP contribution in [0.2, 0.25) is 5.02 Å². The first-order chi connectivity index (χ1) is 13.3. The number of nitrogen functional groups attached to an aromatic ring is 1. The zero-order valence-electron chi connectivity index (χ0n) is 16.0. The number of likely N-dealkylation sites (N-methyl/N-ethyl adjacent to an activating group) is 1. The number of primary amides is 1. The summed E-state index contributed by atoms with van der Waals surface area (Å²) in [7, 11) is 3.11. The van der Waals surface area contributed by atoms with Crippen LogP contribution in [0.15, 0.2) is 34.6 Å². The Morgan fingerprint density at radius 2 is 2.04 bits per heavy atom. The standard InChI is InChI=1S/C20H25ClN6O/c1-26-20(27-2)18(19(25)28)16(23)7-6-12-8-17(24)13(9-15(12)21)14(10-22)11-4-3-5-11/h8-11H,3-5,22-24H2,1-2H3,(H2,25,28)(H,26,27)/b14-10-,18-16-. The van der Waals surface area contributed by atoms with E-state index in [9.17, 15) is 4.79 Å². The number of carbonyl (C=O) groups is 1. The normalized spacial score (nSPS) is 15.8. The number of halogens is 1. The van der Waals surface area contributed by atoms with Crippen molar-refractivity contribution in [2.45, 2.75) is 19.3 Å². The second-order valence-electron chi connectivity index (χ2n) is 6.39. The minimum absolute atomic E-state index is 0.0107. The molecule has 0 aromatic heterocycles. The highest BCUT2D eigenvalue weighted by atomic mass is 35.5. The number of aliphatic imine (C=N–C) groups is 1. The summed E-state index contributed by atoms with van der Waals surface area (Å²) in [6.45, 7) is 0. The number of anilines is 1. The van der Waals surface area contributed by atoms with E-state index in [1.54, 1.807) is 25.4 Å². The number of nitrogens with one attached hydrogen (secondary N) is 1. The third-order valence-corrected chi connectivity index (χ3v) is 5.03. The van der Waals surface area contributed by atoms with Crippen molar-refractivity contribution < 1.29 is 4.79 Å². The molecule has 1 aliphatic rings. The summed E-state index contributed by atoms with van der Waals surface area (Å²) in [5.41, 5.74) is 26.2. The summed E-state index contributed by atoms with van der Waals surface area (Å²) in [6, 6.07) is 3.44. The minimum Gasteiger partial charge on any atom is -0.404 e. The van der Waals surface area contributed by atoms with Crippen LogP contribution in [-0.4, -0.2) is 25.8 Å². The second-order valence-corrected chi connectivity index (χ2v) is 6.80. The molecule has 148 valence electrons. The fourth-order valence-corrected chi connectivity index (χ4v) is 3.23. The van der Waals surface area contributed by atoms with Crippen molar-refractivity contribution >= 4 is 34.6 Å². The molecule has 1 aromatic rings. The summed E-state index contributed by atoms with van der Waals surface area (Å²) >= 11 is 6.40. The molecule has 2 rings (SSSR count). The molecule has 1 fully saturated rings. The van der Waals surface area contributed by atoms with Crippen molar-refractivity contribution in [2.24, 2.45) is 28.1 Å². The third kappa shape index (κ3) is 4.41. The predicted molar refractivity (Wildman–Crippen MR) is 115 cm³/mol. The molecule has 1 aliphatic carbocycles. The fourth-order valence-electron chi connectivity index (χ4n) is 3.02. The molecule has 0 radical (unpaired) electrons. The lowest BCUT2D eigenvalue weighted by atomic mass is 9.77. The molecule has 28 heavy (non-hydrogen) atoms. The van der Waals surface area contributed by atoms with Crippen molar-refractivity contribution in [3.8, 4) is 11.8 Å². The van der Waals surface area contributed by atoms with E-state index < -0.39 is 5.91 Å². The number of benzene rings is 1. The maximum Gasteiger partial charge on any atom is 0.255 e. The van der Waals surface area contributed by atoms with Crippen molar-refractivity contribution in [1.82, 2.24) is 5.32 Å². The van der Waals surface area contributed by atoms with E-state index >= 15 is 0 Å². The van der Waals surface area contributed by atoms with Gasteiger partial charge in [0.15, 0.2) is 0 Å². The molecule has 7 nitrogen and oxygen atoms in total. The summed E-state index contributed by atoms with van der Waals surface area (Å²) < 4.78 is 0. The van der Waals surface area contributed by atoms with Crippen LogP contribution in [-0.2, 0) is 4.79 Å². The number of nitrogens with two attached hydrogens (primary N) is 4. The number of hydrogen-bond acceptors (Lipinski definition) is 5. The minimum atomic E-state index is -0.735. The zero-order chi connectivity index (χ0) is 20.8. The van der Waals surface area contributed by atoms with E-state index in [1.165, 1.54) is 13.5 Å². The average Bonchev–Trinajstić information content (AvgIpc) is 2.62. The Morgan fingerprint density at radius 3 is 2.50 bits per heavy atom. The van der Waals surface area contributed by atoms with Crippen molar-refractivity contribution in [3.05, 3.63) is 45.8 Å². The van der Waals surface area contributed by atoms with E-state index in [0.29, 0.717) is 22.2 Å². The van der Waals surface area contributed by atoms with Gasteiger partial charge in [0, 0.05) is 30.9 Å². The summed E-state index contributed by atoms with van der Waals surface area (Å²) in [6.07, 6.45) is 4.96. The SMILES string of the molecule is CN=C(NC)/C(C(N)=O)=C(\N)C#Cc1cc(N)c(/C(=C\N)C2CCC2)cc1Cl. The Labute approximate surface area is 169 Å². The number of hydrogen-bond donors (Lipinski definition) is 5. The van der Waals surface area contributed by atoms with Gasteiger partial charge in [-0.2, -0.15) is 0 Å². The van der Waals surface area contributed by atoms with Gasteiger partial charge in [0.05, 0.1) is 10.7 Å². The number of rotatable bonds is 4. The molecule has 8 heteroatoms. The van der Waals surface area contributed by atoms with Gasteiger partial charge in [0.25, 0.3) is 5.91 Å². The van der Waals surface area contributed by atoms with Gasteiger partial charge < -0.3 is 28.3 Å². The Balaban J connectivity index is 2.44. The largest absolute Gasteiger partial charge is 0.404 e. The van der Waals surface area contributed by atoms with Crippen LogP contribution >= 0.6 is 11.6 Å². The van der Waals surface area contributed by atoms with E-state index in [4.69, 9.17) is 34.5 Å². The first kappa shape index (κ1) is 21.2. The molecule has 9 N–H and O–H groups in total. The molecule has 1 aromatic carbocycles. The first-order valence-electron chi connectivity index (χ1n) is 8.81. The molecule has 1 saturated carbocycles. The Morgan fingerprint density at radius 1 is 1.36 bits per heavy atom. The van der Waals surface area contributed by atoms with E-state index in [0.717, 1.165) is 24.0 Å². The van der Waals surface area contributed by atoms with E-state index in [2.05, 4.69) is 22.2 Å². The number of nitrogens with zero attached hydrogens (tertiary/aromatic N) is 1. The van der Waals surface area contributed by atoms with Gasteiger partial charge in [-0.15, -0.1) is 0 Å². The van der Waals surface area contributed by atoms with Gasteiger partial charge in [-0.3, -0.25) is 9.79 Å². The van der Waals surface area contributed by atoms with E-state index in [1.807, 2.05) is 0 Å². The van der Waals surface area contributed by atoms with Crippen molar-refractivity contribution in [1.29, 1.82) is 0 Å². The fraction of sp³-hybridized carbons (Fsp3) is 0.300. The Bertz CT molecular complexity index is 932. The molecular weight excluding hydrogens is 376 g/mol. The maximum atomic E-state index is 11.7. The molecule has 0 atom stereocenters. The van der Waals surface area contributed by atoms with Crippen LogP contribution in [0.3, 0.4) is 0 Å². The highest BCUT2D eigenvalue weighted by Crippen LogP contribution is 2.41. The zero-order valence-corrected chi connectivity index (χ0v) is 16.7. The van der Waals surface area contributed by atoms with Gasteiger partial charge in [0.2, 0.25) is 0 Å². The second kappa shape index (κ2) is 9.20. The van der Waals surface area contributed by atoms with Gasteiger partial charge in [-0.25, -0.2) is 0 Å². The van der Waals surface area contributed by atoms with Crippen molar-refractivity contribution in [2.75, 3.05) is 19.8 Å². The predicted octanol–water partition coefficient (Wildman–Crippen LogP) is 1.32. The number of carbonyl (C=O) groups excluding carboxylic acids is 1. The lowest BCUT2D eigenvalue weighted by molar-refractivity contribution is -0.114. The van der Waals surface area contributed by atoms with Crippen LogP contribution in [0.5, 0.6) is 0 Å². The lowest BCUT2D eigenvalue weighted by Gasteiger charge is -2.29. The van der Waals surface area contributed by atoms with Gasteiger partial charge in [-0.1, -0.05) is 23.9 Å². The van der Waals surface area contributed by atoms with Crippen LogP contribution in [0.25, 0.3) is 5.57 Å². The topological polar surface area (TPSA) is 146 Å². The molecular formula is C20H25ClN6O. The van der Waals surface area contributed by atoms with E-state index in [-0.39, 0.29) is 17.1 Å². The van der Waals surface area contributed by atoms with Crippen LogP contribution < -0.4 is 28.3 Å². The van der Waals surface area contributed by atoms with Crippen LogP contribution in [0, 0.1) is 17.8 Å². The number of amidine groups is 1. The Hall–Kier alpha value is -3.11. The molecule has 1 amide bonds. The van der Waals surface area contributed by atoms with Crippen LogP contribution in [0.1, 0.15) is 30.4 Å². The molecule has 0 aliphatic heterocycles. The van der Waals surface area contributed by atoms with Gasteiger partial charge >= 0.3 is 0 Å². The smallest absolute Gasteiger partial charge is 0.255 e. The highest BCUT2D eigenvalue weighted by molar-refractivity contribution is 6.32. The van der Waals surface area contributed by atoms with Gasteiger partial charge in [0.1, 0.15) is 11.4 Å². The molecule has 0 heterocycles. The Kier molecular flexibility index (Phi) is 6.96. The summed E-state index contributed by atoms with van der Waals surface area (Å²) in [4.78, 5) is 15.7. The monoisotopic (exact) mass is 400 g/mol. The summed E-state index contributed by atoms with van der Waals surface area (Å²) in [5.74, 6) is 5.48. The molecule has 0 saturated heterocycles. The highest BCUT2D eigenvalue weighted by Gasteiger charge is 2.24. The molecule has 0 spiro atoms. The summed E-state index contributed by atoms with van der Waals surface area (Å²) in [5, 5.41) is 3.18. The maximum absolute atomic E-state index is 11.7. The first-order valence-corrected chi connectivity index (χ1v) is 9.19. The average molecular weight is 401 g/mol. The lowest BCUT2D eigenvalue weighted by Crippen LogP contribution is -2.32. The van der Waals surface area contributed by atoms with Crippen LogP contribution in [0.4, 0.5) is 5.69 Å². The third-order valence-electron chi connectivity index (χ3n) is 4.72. The van der Waals surface area contributed by atoms with Crippen molar-refractivity contribution in [3.63, 3.8) is 0 Å². The molecule has 0 bridgehead atoms. The molecule has 0 unspecified atom stereocenters. The quantitative estimate of drug-likeness (QED) is 0.170.